The lowest BCUT2D eigenvalue weighted by Crippen LogP contribution is -2.24. The number of alkyl halides is 3. The van der Waals surface area contributed by atoms with Crippen molar-refractivity contribution in [3.8, 4) is 11.6 Å². The SMILES string of the molecule is OC1CCN(c2nc(Oc3cccc(F)c3)cc(C(F)(F)F)n2)C1. The predicted molar refractivity (Wildman–Crippen MR) is 76.3 cm³/mol. The third-order valence-corrected chi connectivity index (χ3v) is 3.45. The lowest BCUT2D eigenvalue weighted by Gasteiger charge is -2.18. The van der Waals surface area contributed by atoms with Gasteiger partial charge in [-0.25, -0.2) is 9.37 Å². The predicted octanol–water partition coefficient (Wildman–Crippen LogP) is 3.00. The number of halogens is 4. The van der Waals surface area contributed by atoms with Gasteiger partial charge >= 0.3 is 6.18 Å². The van der Waals surface area contributed by atoms with Gasteiger partial charge in [-0.05, 0) is 18.6 Å². The standard InChI is InChI=1S/C15H13F4N3O2/c16-9-2-1-3-11(6-9)24-13-7-12(15(17,18)19)20-14(21-13)22-5-4-10(23)8-22/h1-3,6-7,10,23H,4-5,8H2. The Morgan fingerprint density at radius 1 is 1.21 bits per heavy atom. The lowest BCUT2D eigenvalue weighted by atomic mass is 10.3. The maximum absolute atomic E-state index is 13.2. The van der Waals surface area contributed by atoms with E-state index in [0.717, 1.165) is 6.07 Å². The molecule has 0 radical (unpaired) electrons. The number of aliphatic hydroxyl groups is 1. The maximum Gasteiger partial charge on any atom is 0.433 e. The highest BCUT2D eigenvalue weighted by Gasteiger charge is 2.35. The van der Waals surface area contributed by atoms with Crippen LogP contribution >= 0.6 is 0 Å². The van der Waals surface area contributed by atoms with E-state index in [1.54, 1.807) is 0 Å². The van der Waals surface area contributed by atoms with E-state index >= 15 is 0 Å². The first-order valence-electron chi connectivity index (χ1n) is 7.14. The average molecular weight is 343 g/mol. The Labute approximate surface area is 134 Å². The van der Waals surface area contributed by atoms with Crippen LogP contribution in [-0.2, 0) is 6.18 Å². The van der Waals surface area contributed by atoms with Crippen molar-refractivity contribution in [2.75, 3.05) is 18.0 Å². The zero-order valence-electron chi connectivity index (χ0n) is 12.3. The second kappa shape index (κ2) is 6.23. The molecule has 1 fully saturated rings. The fourth-order valence-corrected chi connectivity index (χ4v) is 2.33. The van der Waals surface area contributed by atoms with Gasteiger partial charge in [0.1, 0.15) is 11.6 Å². The smallest absolute Gasteiger partial charge is 0.433 e. The van der Waals surface area contributed by atoms with Crippen molar-refractivity contribution in [1.82, 2.24) is 9.97 Å². The van der Waals surface area contributed by atoms with Crippen LogP contribution in [0, 0.1) is 5.82 Å². The number of aliphatic hydroxyl groups excluding tert-OH is 1. The molecule has 1 aliphatic rings. The molecule has 1 aliphatic heterocycles. The third kappa shape index (κ3) is 3.73. The van der Waals surface area contributed by atoms with E-state index in [2.05, 4.69) is 9.97 Å². The first-order valence-corrected chi connectivity index (χ1v) is 7.14. The number of rotatable bonds is 3. The molecule has 1 N–H and O–H groups in total. The van der Waals surface area contributed by atoms with Gasteiger partial charge in [0.05, 0.1) is 6.10 Å². The van der Waals surface area contributed by atoms with Crippen LogP contribution in [0.3, 0.4) is 0 Å². The number of hydrogen-bond acceptors (Lipinski definition) is 5. The topological polar surface area (TPSA) is 58.5 Å². The van der Waals surface area contributed by atoms with Gasteiger partial charge in [-0.2, -0.15) is 18.2 Å². The Morgan fingerprint density at radius 3 is 2.62 bits per heavy atom. The fourth-order valence-electron chi connectivity index (χ4n) is 2.33. The van der Waals surface area contributed by atoms with Crippen LogP contribution in [0.2, 0.25) is 0 Å². The highest BCUT2D eigenvalue weighted by atomic mass is 19.4. The van der Waals surface area contributed by atoms with Crippen LogP contribution in [0.25, 0.3) is 0 Å². The normalized spacial score (nSPS) is 18.0. The van der Waals surface area contributed by atoms with Crippen LogP contribution < -0.4 is 9.64 Å². The van der Waals surface area contributed by atoms with Crippen molar-refractivity contribution in [3.63, 3.8) is 0 Å². The molecule has 0 aliphatic carbocycles. The largest absolute Gasteiger partial charge is 0.439 e. The second-order valence-corrected chi connectivity index (χ2v) is 5.34. The number of anilines is 1. The number of benzene rings is 1. The fraction of sp³-hybridized carbons (Fsp3) is 0.333. The molecule has 1 atom stereocenters. The van der Waals surface area contributed by atoms with E-state index in [1.165, 1.54) is 23.1 Å². The van der Waals surface area contributed by atoms with Crippen LogP contribution in [0.4, 0.5) is 23.5 Å². The summed E-state index contributed by atoms with van der Waals surface area (Å²) < 4.78 is 57.5. The average Bonchev–Trinajstić information content (AvgIpc) is 2.93. The van der Waals surface area contributed by atoms with Gasteiger partial charge in [-0.3, -0.25) is 0 Å². The molecule has 2 aromatic rings. The van der Waals surface area contributed by atoms with E-state index in [0.29, 0.717) is 19.0 Å². The van der Waals surface area contributed by atoms with Crippen molar-refractivity contribution < 1.29 is 27.4 Å². The first kappa shape index (κ1) is 16.4. The van der Waals surface area contributed by atoms with Crippen molar-refractivity contribution >= 4 is 5.95 Å². The van der Waals surface area contributed by atoms with E-state index in [1.807, 2.05) is 0 Å². The summed E-state index contributed by atoms with van der Waals surface area (Å²) in [6.07, 6.45) is -4.91. The molecule has 0 bridgehead atoms. The summed E-state index contributed by atoms with van der Waals surface area (Å²) in [6.45, 7) is 0.475. The van der Waals surface area contributed by atoms with Gasteiger partial charge in [-0.1, -0.05) is 6.07 Å². The Bertz CT molecular complexity index is 739. The molecule has 1 unspecified atom stereocenters. The van der Waals surface area contributed by atoms with Crippen LogP contribution in [0.1, 0.15) is 12.1 Å². The molecule has 1 saturated heterocycles. The minimum absolute atomic E-state index is 0.0224. The number of hydrogen-bond donors (Lipinski definition) is 1. The molecule has 1 aromatic carbocycles. The number of ether oxygens (including phenoxy) is 1. The highest BCUT2D eigenvalue weighted by molar-refractivity contribution is 5.38. The van der Waals surface area contributed by atoms with E-state index < -0.39 is 23.8 Å². The Hall–Kier alpha value is -2.42. The van der Waals surface area contributed by atoms with Crippen molar-refractivity contribution in [2.24, 2.45) is 0 Å². The molecule has 24 heavy (non-hydrogen) atoms. The highest BCUT2D eigenvalue weighted by Crippen LogP contribution is 2.33. The first-order chi connectivity index (χ1) is 11.3. The second-order valence-electron chi connectivity index (χ2n) is 5.34. The quantitative estimate of drug-likeness (QED) is 0.869. The van der Waals surface area contributed by atoms with Crippen LogP contribution in [0.5, 0.6) is 11.6 Å². The number of nitrogens with zero attached hydrogens (tertiary/aromatic N) is 3. The Balaban J connectivity index is 1.95. The summed E-state index contributed by atoms with van der Waals surface area (Å²) in [5.74, 6) is -1.10. The van der Waals surface area contributed by atoms with Crippen molar-refractivity contribution in [1.29, 1.82) is 0 Å². The molecule has 1 aromatic heterocycles. The lowest BCUT2D eigenvalue weighted by molar-refractivity contribution is -0.141. The molecule has 5 nitrogen and oxygen atoms in total. The molecule has 9 heteroatoms. The Kier molecular flexibility index (Phi) is 4.27. The van der Waals surface area contributed by atoms with Crippen molar-refractivity contribution in [2.45, 2.75) is 18.7 Å². The maximum atomic E-state index is 13.2. The van der Waals surface area contributed by atoms with Gasteiger partial charge in [0.25, 0.3) is 0 Å². The summed E-state index contributed by atoms with van der Waals surface area (Å²) in [5.41, 5.74) is -1.17. The van der Waals surface area contributed by atoms with Gasteiger partial charge in [0, 0.05) is 25.2 Å². The summed E-state index contributed by atoms with van der Waals surface area (Å²) in [6, 6.07) is 5.65. The molecule has 0 saturated carbocycles. The van der Waals surface area contributed by atoms with Crippen LogP contribution in [0.15, 0.2) is 30.3 Å². The minimum Gasteiger partial charge on any atom is -0.439 e. The van der Waals surface area contributed by atoms with Gasteiger partial charge < -0.3 is 14.7 Å². The number of aromatic nitrogens is 2. The molecule has 0 spiro atoms. The molecule has 128 valence electrons. The molecule has 0 amide bonds. The third-order valence-electron chi connectivity index (χ3n) is 3.45. The Morgan fingerprint density at radius 2 is 2.00 bits per heavy atom. The van der Waals surface area contributed by atoms with Gasteiger partial charge in [-0.15, -0.1) is 0 Å². The summed E-state index contributed by atoms with van der Waals surface area (Å²) in [4.78, 5) is 8.90. The number of β-amino-alcohol motifs (C(OH)–C–C–N with tert-alkyl or cyclic N) is 1. The molecular weight excluding hydrogens is 330 g/mol. The molecule has 2 heterocycles. The van der Waals surface area contributed by atoms with Crippen molar-refractivity contribution in [3.05, 3.63) is 41.8 Å². The van der Waals surface area contributed by atoms with Gasteiger partial charge in [0.2, 0.25) is 11.8 Å². The monoisotopic (exact) mass is 343 g/mol. The minimum atomic E-state index is -4.68. The summed E-state index contributed by atoms with van der Waals surface area (Å²) in [5, 5.41) is 9.53. The van der Waals surface area contributed by atoms with Crippen LogP contribution in [-0.4, -0.2) is 34.3 Å². The summed E-state index contributed by atoms with van der Waals surface area (Å²) >= 11 is 0. The van der Waals surface area contributed by atoms with E-state index in [-0.39, 0.29) is 24.1 Å². The van der Waals surface area contributed by atoms with E-state index in [4.69, 9.17) is 4.74 Å². The molecule has 3 rings (SSSR count). The summed E-state index contributed by atoms with van der Waals surface area (Å²) in [7, 11) is 0. The zero-order chi connectivity index (χ0) is 17.3. The zero-order valence-corrected chi connectivity index (χ0v) is 12.3. The van der Waals surface area contributed by atoms with E-state index in [9.17, 15) is 22.7 Å². The van der Waals surface area contributed by atoms with Gasteiger partial charge in [0.15, 0.2) is 5.69 Å². The molecular formula is C15H13F4N3O2.